The van der Waals surface area contributed by atoms with Gasteiger partial charge in [0.05, 0.1) is 14.6 Å². The van der Waals surface area contributed by atoms with Crippen LogP contribution in [0.3, 0.4) is 0 Å². The Morgan fingerprint density at radius 1 is 1.50 bits per heavy atom. The van der Waals surface area contributed by atoms with Crippen molar-refractivity contribution in [2.24, 2.45) is 0 Å². The molecule has 5 heteroatoms. The first-order valence-electron chi connectivity index (χ1n) is 3.27. The predicted octanol–water partition coefficient (Wildman–Crippen LogP) is 1.89. The molecule has 0 amide bonds. The smallest absolute Gasteiger partial charge is 0.198 e. The van der Waals surface area contributed by atoms with Crippen LogP contribution >= 0.6 is 22.6 Å². The normalized spacial score (nSPS) is 10.8. The largest absolute Gasteiger partial charge is 0.369 e. The number of rotatable bonds is 0. The molecule has 2 aromatic rings. The number of hydrogen-bond acceptors (Lipinski definition) is 2. The Labute approximate surface area is 81.3 Å². The van der Waals surface area contributed by atoms with Gasteiger partial charge in [-0.15, -0.1) is 0 Å². The molecule has 0 fully saturated rings. The molecule has 2 rings (SSSR count). The maximum Gasteiger partial charge on any atom is 0.198 e. The van der Waals surface area contributed by atoms with E-state index in [1.165, 1.54) is 6.07 Å². The summed E-state index contributed by atoms with van der Waals surface area (Å²) in [6.07, 6.45) is 0. The molecule has 1 aromatic heterocycles. The van der Waals surface area contributed by atoms with E-state index in [9.17, 15) is 4.39 Å². The first kappa shape index (κ1) is 7.78. The van der Waals surface area contributed by atoms with Gasteiger partial charge in [0.2, 0.25) is 0 Å². The summed E-state index contributed by atoms with van der Waals surface area (Å²) < 4.78 is 13.5. The molecule has 0 aliphatic carbocycles. The van der Waals surface area contributed by atoms with Crippen molar-refractivity contribution in [3.8, 4) is 0 Å². The highest BCUT2D eigenvalue weighted by Gasteiger charge is 2.04. The van der Waals surface area contributed by atoms with Crippen molar-refractivity contribution in [2.75, 3.05) is 5.73 Å². The molecule has 0 aliphatic heterocycles. The van der Waals surface area contributed by atoms with Crippen LogP contribution in [-0.2, 0) is 0 Å². The van der Waals surface area contributed by atoms with Crippen molar-refractivity contribution >= 4 is 39.6 Å². The molecule has 1 heterocycles. The molecule has 0 atom stereocenters. The number of nitrogen functional groups attached to an aromatic ring is 1. The summed E-state index contributed by atoms with van der Waals surface area (Å²) in [5.74, 6) is 0.0538. The minimum Gasteiger partial charge on any atom is -0.369 e. The van der Waals surface area contributed by atoms with Gasteiger partial charge in [0.25, 0.3) is 0 Å². The highest BCUT2D eigenvalue weighted by atomic mass is 127. The van der Waals surface area contributed by atoms with E-state index in [1.807, 2.05) is 22.6 Å². The lowest BCUT2D eigenvalue weighted by Crippen LogP contribution is -1.84. The topological polar surface area (TPSA) is 54.7 Å². The zero-order chi connectivity index (χ0) is 8.72. The van der Waals surface area contributed by atoms with Gasteiger partial charge in [-0.1, -0.05) is 0 Å². The van der Waals surface area contributed by atoms with Gasteiger partial charge in [0, 0.05) is 6.07 Å². The first-order chi connectivity index (χ1) is 5.66. The molecular weight excluding hydrogens is 272 g/mol. The van der Waals surface area contributed by atoms with Crippen molar-refractivity contribution in [3.63, 3.8) is 0 Å². The number of nitrogens with two attached hydrogens (primary N) is 1. The van der Waals surface area contributed by atoms with Gasteiger partial charge in [-0.05, 0) is 28.7 Å². The van der Waals surface area contributed by atoms with Crippen LogP contribution in [0.2, 0.25) is 0 Å². The number of halogens is 2. The Balaban J connectivity index is 2.83. The molecule has 0 spiro atoms. The molecule has 1 aromatic carbocycles. The van der Waals surface area contributed by atoms with Gasteiger partial charge in [0.1, 0.15) is 5.82 Å². The molecular formula is C7H5FIN3. The maximum atomic E-state index is 13.0. The third kappa shape index (κ3) is 1.13. The number of anilines is 1. The Kier molecular flexibility index (Phi) is 1.67. The van der Waals surface area contributed by atoms with Crippen LogP contribution in [0.25, 0.3) is 11.0 Å². The summed E-state index contributed by atoms with van der Waals surface area (Å²) in [5, 5.41) is 0. The number of nitrogens with one attached hydrogen (secondary N) is 1. The van der Waals surface area contributed by atoms with Crippen LogP contribution in [0.15, 0.2) is 12.1 Å². The average molecular weight is 277 g/mol. The lowest BCUT2D eigenvalue weighted by Gasteiger charge is -1.92. The molecule has 62 valence electrons. The molecule has 12 heavy (non-hydrogen) atoms. The van der Waals surface area contributed by atoms with Crippen LogP contribution < -0.4 is 5.73 Å². The highest BCUT2D eigenvalue weighted by molar-refractivity contribution is 14.1. The standard InChI is InChI=1S/C7H5FIN3/c8-3-1-5-6(2-4(3)9)12-7(10)11-5/h1-2H,(H3,10,11,12). The van der Waals surface area contributed by atoms with Gasteiger partial charge in [0.15, 0.2) is 5.95 Å². The van der Waals surface area contributed by atoms with Gasteiger partial charge in [-0.2, -0.15) is 0 Å². The second kappa shape index (κ2) is 2.58. The van der Waals surface area contributed by atoms with Gasteiger partial charge >= 0.3 is 0 Å². The number of nitrogens with zero attached hydrogens (tertiary/aromatic N) is 1. The fourth-order valence-electron chi connectivity index (χ4n) is 1.02. The van der Waals surface area contributed by atoms with E-state index in [-0.39, 0.29) is 5.82 Å². The van der Waals surface area contributed by atoms with Crippen LogP contribution in [-0.4, -0.2) is 9.97 Å². The second-order valence-corrected chi connectivity index (χ2v) is 3.57. The van der Waals surface area contributed by atoms with Crippen LogP contribution in [0.1, 0.15) is 0 Å². The molecule has 0 saturated carbocycles. The predicted molar refractivity (Wildman–Crippen MR) is 53.2 cm³/mol. The number of hydrogen-bond donors (Lipinski definition) is 2. The molecule has 0 bridgehead atoms. The number of H-pyrrole nitrogens is 1. The van der Waals surface area contributed by atoms with Crippen molar-refractivity contribution < 1.29 is 4.39 Å². The third-order valence-electron chi connectivity index (χ3n) is 1.54. The van der Waals surface area contributed by atoms with Crippen LogP contribution in [0.4, 0.5) is 10.3 Å². The lowest BCUT2D eigenvalue weighted by atomic mass is 10.3. The van der Waals surface area contributed by atoms with Crippen molar-refractivity contribution in [1.82, 2.24) is 9.97 Å². The molecule has 3 N–H and O–H groups in total. The maximum absolute atomic E-state index is 13.0. The SMILES string of the molecule is Nc1nc2cc(I)c(F)cc2[nH]1. The Morgan fingerprint density at radius 2 is 2.25 bits per heavy atom. The average Bonchev–Trinajstić information content (AvgIpc) is 2.30. The van der Waals surface area contributed by atoms with E-state index in [0.717, 1.165) is 0 Å². The van der Waals surface area contributed by atoms with Crippen molar-refractivity contribution in [3.05, 3.63) is 21.5 Å². The van der Waals surface area contributed by atoms with E-state index in [2.05, 4.69) is 9.97 Å². The zero-order valence-electron chi connectivity index (χ0n) is 5.94. The summed E-state index contributed by atoms with van der Waals surface area (Å²) in [6, 6.07) is 3.04. The minimum absolute atomic E-state index is 0.258. The molecule has 0 saturated heterocycles. The summed E-state index contributed by atoms with van der Waals surface area (Å²) in [5.41, 5.74) is 6.72. The minimum atomic E-state index is -0.258. The summed E-state index contributed by atoms with van der Waals surface area (Å²) in [4.78, 5) is 6.72. The van der Waals surface area contributed by atoms with E-state index in [4.69, 9.17) is 5.73 Å². The monoisotopic (exact) mass is 277 g/mol. The van der Waals surface area contributed by atoms with E-state index >= 15 is 0 Å². The third-order valence-corrected chi connectivity index (χ3v) is 2.37. The summed E-state index contributed by atoms with van der Waals surface area (Å²) in [7, 11) is 0. The van der Waals surface area contributed by atoms with E-state index < -0.39 is 0 Å². The fourth-order valence-corrected chi connectivity index (χ4v) is 1.48. The first-order valence-corrected chi connectivity index (χ1v) is 4.35. The summed E-state index contributed by atoms with van der Waals surface area (Å²) >= 11 is 1.91. The number of fused-ring (bicyclic) bond motifs is 1. The van der Waals surface area contributed by atoms with Gasteiger partial charge in [-0.3, -0.25) is 0 Å². The number of benzene rings is 1. The number of aromatic amines is 1. The second-order valence-electron chi connectivity index (χ2n) is 2.41. The van der Waals surface area contributed by atoms with Gasteiger partial charge < -0.3 is 10.7 Å². The number of aromatic nitrogens is 2. The van der Waals surface area contributed by atoms with E-state index in [0.29, 0.717) is 20.6 Å². The lowest BCUT2D eigenvalue weighted by molar-refractivity contribution is 0.622. The van der Waals surface area contributed by atoms with E-state index in [1.54, 1.807) is 6.07 Å². The Hall–Kier alpha value is -0.850. The molecule has 0 radical (unpaired) electrons. The molecule has 3 nitrogen and oxygen atoms in total. The Morgan fingerprint density at radius 3 is 3.00 bits per heavy atom. The van der Waals surface area contributed by atoms with Crippen LogP contribution in [0.5, 0.6) is 0 Å². The highest BCUT2D eigenvalue weighted by Crippen LogP contribution is 2.19. The van der Waals surface area contributed by atoms with Crippen LogP contribution in [0, 0.1) is 9.39 Å². The molecule has 0 unspecified atom stereocenters. The summed E-state index contributed by atoms with van der Waals surface area (Å²) in [6.45, 7) is 0. The number of imidazole rings is 1. The Bertz CT molecular complexity index is 398. The quantitative estimate of drug-likeness (QED) is 0.722. The van der Waals surface area contributed by atoms with Crippen molar-refractivity contribution in [2.45, 2.75) is 0 Å². The van der Waals surface area contributed by atoms with Crippen molar-refractivity contribution in [1.29, 1.82) is 0 Å². The van der Waals surface area contributed by atoms with Gasteiger partial charge in [-0.25, -0.2) is 9.37 Å². The molecule has 0 aliphatic rings. The fraction of sp³-hybridized carbons (Fsp3) is 0. The zero-order valence-corrected chi connectivity index (χ0v) is 8.09.